The first-order chi connectivity index (χ1) is 10.6. The average Bonchev–Trinajstić information content (AvgIpc) is 2.93. The van der Waals surface area contributed by atoms with E-state index in [4.69, 9.17) is 9.84 Å². The Kier molecular flexibility index (Phi) is 4.52. The predicted octanol–water partition coefficient (Wildman–Crippen LogP) is 2.69. The first kappa shape index (κ1) is 15.5. The molecule has 1 saturated heterocycles. The normalized spacial score (nSPS) is 22.0. The van der Waals surface area contributed by atoms with E-state index in [9.17, 15) is 4.79 Å². The minimum absolute atomic E-state index is 0.0425. The molecular weight excluding hydrogens is 278 g/mol. The second-order valence-electron chi connectivity index (χ2n) is 6.63. The second-order valence-corrected chi connectivity index (χ2v) is 6.63. The van der Waals surface area contributed by atoms with Crippen LogP contribution in [0.5, 0.6) is 0 Å². The molecule has 1 fully saturated rings. The molecule has 0 N–H and O–H groups in total. The van der Waals surface area contributed by atoms with Crippen molar-refractivity contribution in [3.63, 3.8) is 0 Å². The molecule has 2 aliphatic rings. The molecule has 122 valence electrons. The molecule has 1 unspecified atom stereocenters. The Morgan fingerprint density at radius 3 is 2.95 bits per heavy atom. The van der Waals surface area contributed by atoms with Crippen LogP contribution in [0.4, 0.5) is 0 Å². The van der Waals surface area contributed by atoms with E-state index in [1.807, 2.05) is 13.8 Å². The van der Waals surface area contributed by atoms with Crippen LogP contribution in [-0.2, 0) is 29.1 Å². The van der Waals surface area contributed by atoms with Crippen LogP contribution in [0.2, 0.25) is 0 Å². The number of hydrogen-bond acceptors (Lipinski definition) is 3. The van der Waals surface area contributed by atoms with Gasteiger partial charge in [0.25, 0.3) is 0 Å². The summed E-state index contributed by atoms with van der Waals surface area (Å²) in [5, 5.41) is 4.87. The summed E-state index contributed by atoms with van der Waals surface area (Å²) < 4.78 is 7.78. The summed E-state index contributed by atoms with van der Waals surface area (Å²) in [6.45, 7) is 9.25. The van der Waals surface area contributed by atoms with Crippen molar-refractivity contribution in [2.75, 3.05) is 13.2 Å². The zero-order valence-corrected chi connectivity index (χ0v) is 14.0. The minimum atomic E-state index is 0.0425. The van der Waals surface area contributed by atoms with E-state index < -0.39 is 0 Å². The smallest absolute Gasteiger partial charge is 0.225 e. The van der Waals surface area contributed by atoms with Gasteiger partial charge in [0, 0.05) is 36.7 Å². The molecule has 5 heteroatoms. The fraction of sp³-hybridized carbons (Fsp3) is 0.765. The SMILES string of the molecule is CCn1nc(C2CCCCN2C(=O)C(C)C)c2c1CCOC2. The van der Waals surface area contributed by atoms with Crippen molar-refractivity contribution in [3.05, 3.63) is 17.0 Å². The summed E-state index contributed by atoms with van der Waals surface area (Å²) in [7, 11) is 0. The monoisotopic (exact) mass is 305 g/mol. The molecule has 0 spiro atoms. The fourth-order valence-corrected chi connectivity index (χ4v) is 3.68. The van der Waals surface area contributed by atoms with Gasteiger partial charge in [-0.2, -0.15) is 5.10 Å². The first-order valence-electron chi connectivity index (χ1n) is 8.60. The lowest BCUT2D eigenvalue weighted by Gasteiger charge is -2.36. The van der Waals surface area contributed by atoms with E-state index in [2.05, 4.69) is 16.5 Å². The molecule has 5 nitrogen and oxygen atoms in total. The van der Waals surface area contributed by atoms with Gasteiger partial charge in [-0.25, -0.2) is 0 Å². The highest BCUT2D eigenvalue weighted by atomic mass is 16.5. The van der Waals surface area contributed by atoms with Gasteiger partial charge >= 0.3 is 0 Å². The first-order valence-corrected chi connectivity index (χ1v) is 8.60. The summed E-state index contributed by atoms with van der Waals surface area (Å²) in [5.41, 5.74) is 3.64. The van der Waals surface area contributed by atoms with Gasteiger partial charge in [0.1, 0.15) is 0 Å². The van der Waals surface area contributed by atoms with Crippen molar-refractivity contribution in [1.82, 2.24) is 14.7 Å². The van der Waals surface area contributed by atoms with Crippen LogP contribution in [0.3, 0.4) is 0 Å². The zero-order chi connectivity index (χ0) is 15.7. The van der Waals surface area contributed by atoms with E-state index in [0.29, 0.717) is 6.61 Å². The van der Waals surface area contributed by atoms with Gasteiger partial charge in [-0.1, -0.05) is 13.8 Å². The van der Waals surface area contributed by atoms with Gasteiger partial charge in [0.05, 0.1) is 24.9 Å². The third kappa shape index (κ3) is 2.67. The van der Waals surface area contributed by atoms with Crippen LogP contribution in [0.15, 0.2) is 0 Å². The Hall–Kier alpha value is -1.36. The highest BCUT2D eigenvalue weighted by Gasteiger charge is 2.34. The van der Waals surface area contributed by atoms with E-state index in [1.165, 1.54) is 17.7 Å². The molecule has 1 amide bonds. The number of amides is 1. The number of nitrogens with zero attached hydrogens (tertiary/aromatic N) is 3. The summed E-state index contributed by atoms with van der Waals surface area (Å²) in [6.07, 6.45) is 4.22. The van der Waals surface area contributed by atoms with Gasteiger partial charge in [0.2, 0.25) is 5.91 Å². The van der Waals surface area contributed by atoms with Crippen LogP contribution in [0.1, 0.15) is 63.0 Å². The van der Waals surface area contributed by atoms with Crippen LogP contribution < -0.4 is 0 Å². The molecule has 0 aliphatic carbocycles. The summed E-state index contributed by atoms with van der Waals surface area (Å²) >= 11 is 0. The Morgan fingerprint density at radius 1 is 1.41 bits per heavy atom. The number of fused-ring (bicyclic) bond motifs is 1. The maximum atomic E-state index is 12.6. The van der Waals surface area contributed by atoms with Gasteiger partial charge in [-0.3, -0.25) is 9.48 Å². The second kappa shape index (κ2) is 6.41. The summed E-state index contributed by atoms with van der Waals surface area (Å²) in [5.74, 6) is 0.294. The van der Waals surface area contributed by atoms with Gasteiger partial charge in [-0.15, -0.1) is 0 Å². The number of piperidine rings is 1. The van der Waals surface area contributed by atoms with Crippen LogP contribution in [0, 0.1) is 5.92 Å². The Bertz CT molecular complexity index is 550. The third-order valence-corrected chi connectivity index (χ3v) is 4.82. The van der Waals surface area contributed by atoms with E-state index in [1.54, 1.807) is 0 Å². The number of carbonyl (C=O) groups excluding carboxylic acids is 1. The van der Waals surface area contributed by atoms with Gasteiger partial charge < -0.3 is 9.64 Å². The molecule has 0 saturated carbocycles. The largest absolute Gasteiger partial charge is 0.376 e. The Morgan fingerprint density at radius 2 is 2.23 bits per heavy atom. The zero-order valence-electron chi connectivity index (χ0n) is 14.0. The molecule has 22 heavy (non-hydrogen) atoms. The number of ether oxygens (including phenoxy) is 1. The van der Waals surface area contributed by atoms with Crippen LogP contribution >= 0.6 is 0 Å². The molecule has 3 rings (SSSR count). The molecule has 2 aliphatic heterocycles. The lowest BCUT2D eigenvalue weighted by molar-refractivity contribution is -0.138. The quantitative estimate of drug-likeness (QED) is 0.862. The molecule has 3 heterocycles. The Labute approximate surface area is 132 Å². The van der Waals surface area contributed by atoms with Crippen molar-refractivity contribution >= 4 is 5.91 Å². The molecular formula is C17H27N3O2. The molecule has 1 aromatic rings. The standard InChI is InChI=1S/C17H27N3O2/c1-4-20-14-8-10-22-11-13(14)16(18-20)15-7-5-6-9-19(15)17(21)12(2)3/h12,15H,4-11H2,1-3H3. The molecule has 1 atom stereocenters. The highest BCUT2D eigenvalue weighted by molar-refractivity contribution is 5.78. The van der Waals surface area contributed by atoms with Crippen molar-refractivity contribution in [1.29, 1.82) is 0 Å². The fourth-order valence-electron chi connectivity index (χ4n) is 3.68. The van der Waals surface area contributed by atoms with Crippen LogP contribution in [-0.4, -0.2) is 33.7 Å². The minimum Gasteiger partial charge on any atom is -0.376 e. The lowest BCUT2D eigenvalue weighted by Crippen LogP contribution is -2.41. The van der Waals surface area contributed by atoms with Crippen molar-refractivity contribution < 1.29 is 9.53 Å². The maximum absolute atomic E-state index is 12.6. The van der Waals surface area contributed by atoms with Crippen molar-refractivity contribution in [3.8, 4) is 0 Å². The molecule has 0 aromatic carbocycles. The molecule has 0 radical (unpaired) electrons. The number of aromatic nitrogens is 2. The van der Waals surface area contributed by atoms with Gasteiger partial charge in [-0.05, 0) is 26.2 Å². The third-order valence-electron chi connectivity index (χ3n) is 4.82. The molecule has 0 bridgehead atoms. The number of rotatable bonds is 3. The number of carbonyl (C=O) groups is 1. The lowest BCUT2D eigenvalue weighted by atomic mass is 9.94. The van der Waals surface area contributed by atoms with E-state index in [-0.39, 0.29) is 17.9 Å². The predicted molar refractivity (Wildman–Crippen MR) is 84.4 cm³/mol. The topological polar surface area (TPSA) is 47.4 Å². The van der Waals surface area contributed by atoms with Gasteiger partial charge in [0.15, 0.2) is 0 Å². The highest BCUT2D eigenvalue weighted by Crippen LogP contribution is 2.35. The van der Waals surface area contributed by atoms with E-state index >= 15 is 0 Å². The average molecular weight is 305 g/mol. The number of likely N-dealkylation sites (tertiary alicyclic amines) is 1. The van der Waals surface area contributed by atoms with Crippen LogP contribution in [0.25, 0.3) is 0 Å². The summed E-state index contributed by atoms with van der Waals surface area (Å²) in [4.78, 5) is 14.6. The van der Waals surface area contributed by atoms with Crippen molar-refractivity contribution in [2.24, 2.45) is 5.92 Å². The maximum Gasteiger partial charge on any atom is 0.225 e. The summed E-state index contributed by atoms with van der Waals surface area (Å²) in [6, 6.07) is 0.131. The van der Waals surface area contributed by atoms with Crippen molar-refractivity contribution in [2.45, 2.75) is 65.6 Å². The number of aryl methyl sites for hydroxylation is 1. The van der Waals surface area contributed by atoms with E-state index in [0.717, 1.165) is 44.7 Å². The Balaban J connectivity index is 1.97. The number of hydrogen-bond donors (Lipinski definition) is 0. The molecule has 1 aromatic heterocycles.